The average molecular weight is 293 g/mol. The van der Waals surface area contributed by atoms with Gasteiger partial charge in [0.1, 0.15) is 5.75 Å². The van der Waals surface area contributed by atoms with Crippen LogP contribution in [0.5, 0.6) is 5.75 Å². The molecule has 1 heterocycles. The van der Waals surface area contributed by atoms with Crippen molar-refractivity contribution in [2.75, 3.05) is 12.4 Å². The van der Waals surface area contributed by atoms with Crippen molar-refractivity contribution in [3.8, 4) is 17.0 Å². The van der Waals surface area contributed by atoms with Crippen LogP contribution in [0.25, 0.3) is 11.3 Å². The van der Waals surface area contributed by atoms with Gasteiger partial charge in [-0.25, -0.2) is 4.98 Å². The Morgan fingerprint density at radius 3 is 2.64 bits per heavy atom. The Morgan fingerprint density at radius 1 is 1.05 bits per heavy atom. The Labute approximate surface area is 127 Å². The molecular formula is C17H15N3O2. The minimum absolute atomic E-state index is 0.216. The van der Waals surface area contributed by atoms with Gasteiger partial charge in [0.2, 0.25) is 5.95 Å². The zero-order chi connectivity index (χ0) is 15.4. The van der Waals surface area contributed by atoms with Crippen molar-refractivity contribution < 1.29 is 4.74 Å². The second-order valence-corrected chi connectivity index (χ2v) is 4.70. The first kappa shape index (κ1) is 13.9. The highest BCUT2D eigenvalue weighted by Gasteiger charge is 2.05. The summed E-state index contributed by atoms with van der Waals surface area (Å²) >= 11 is 0. The molecule has 0 fully saturated rings. The van der Waals surface area contributed by atoms with E-state index in [-0.39, 0.29) is 5.56 Å². The molecular weight excluding hydrogens is 278 g/mol. The topological polar surface area (TPSA) is 67.0 Å². The molecule has 0 saturated carbocycles. The third-order valence-corrected chi connectivity index (χ3v) is 3.14. The van der Waals surface area contributed by atoms with Crippen LogP contribution in [0.2, 0.25) is 0 Å². The monoisotopic (exact) mass is 293 g/mol. The summed E-state index contributed by atoms with van der Waals surface area (Å²) in [6, 6.07) is 18.4. The lowest BCUT2D eigenvalue weighted by Crippen LogP contribution is -2.10. The number of nitrogens with one attached hydrogen (secondary N) is 2. The number of rotatable bonds is 4. The van der Waals surface area contributed by atoms with Crippen molar-refractivity contribution in [3.63, 3.8) is 0 Å². The molecule has 0 unspecified atom stereocenters. The Kier molecular flexibility index (Phi) is 3.87. The van der Waals surface area contributed by atoms with E-state index in [1.54, 1.807) is 7.11 Å². The van der Waals surface area contributed by atoms with Gasteiger partial charge < -0.3 is 10.1 Å². The lowest BCUT2D eigenvalue weighted by atomic mass is 10.1. The molecule has 3 rings (SSSR count). The van der Waals surface area contributed by atoms with Crippen LogP contribution < -0.4 is 15.6 Å². The molecule has 3 aromatic rings. The van der Waals surface area contributed by atoms with Gasteiger partial charge in [0.05, 0.1) is 12.8 Å². The van der Waals surface area contributed by atoms with Crippen LogP contribution in [0.3, 0.4) is 0 Å². The summed E-state index contributed by atoms with van der Waals surface area (Å²) < 4.78 is 5.20. The van der Waals surface area contributed by atoms with Crippen molar-refractivity contribution in [2.45, 2.75) is 0 Å². The van der Waals surface area contributed by atoms with Crippen molar-refractivity contribution in [1.82, 2.24) is 9.97 Å². The number of hydrogen-bond donors (Lipinski definition) is 2. The van der Waals surface area contributed by atoms with Gasteiger partial charge in [0, 0.05) is 17.3 Å². The standard InChI is InChI=1S/C17H15N3O2/c1-22-14-9-5-6-12(10-14)15-11-16(21)20-17(19-15)18-13-7-3-2-4-8-13/h2-11H,1H3,(H2,18,19,20,21). The van der Waals surface area contributed by atoms with Crippen LogP contribution in [0.4, 0.5) is 11.6 Å². The third kappa shape index (κ3) is 3.15. The van der Waals surface area contributed by atoms with Crippen molar-refractivity contribution in [1.29, 1.82) is 0 Å². The van der Waals surface area contributed by atoms with Crippen LogP contribution >= 0.6 is 0 Å². The van der Waals surface area contributed by atoms with E-state index in [0.717, 1.165) is 17.0 Å². The third-order valence-electron chi connectivity index (χ3n) is 3.14. The lowest BCUT2D eigenvalue weighted by Gasteiger charge is -2.08. The van der Waals surface area contributed by atoms with E-state index in [2.05, 4.69) is 15.3 Å². The second kappa shape index (κ2) is 6.13. The summed E-state index contributed by atoms with van der Waals surface area (Å²) in [5.41, 5.74) is 2.04. The molecule has 2 N–H and O–H groups in total. The van der Waals surface area contributed by atoms with Gasteiger partial charge in [-0.05, 0) is 24.3 Å². The maximum atomic E-state index is 11.9. The zero-order valence-corrected chi connectivity index (χ0v) is 12.0. The molecule has 0 aliphatic heterocycles. The molecule has 0 spiro atoms. The average Bonchev–Trinajstić information content (AvgIpc) is 2.55. The molecule has 0 radical (unpaired) electrons. The molecule has 0 aliphatic rings. The molecule has 0 saturated heterocycles. The molecule has 1 aromatic heterocycles. The fourth-order valence-electron chi connectivity index (χ4n) is 2.11. The van der Waals surface area contributed by atoms with Crippen molar-refractivity contribution in [3.05, 3.63) is 71.0 Å². The summed E-state index contributed by atoms with van der Waals surface area (Å²) in [5.74, 6) is 1.12. The normalized spacial score (nSPS) is 10.2. The Balaban J connectivity index is 1.97. The van der Waals surface area contributed by atoms with Crippen LogP contribution in [0.1, 0.15) is 0 Å². The van der Waals surface area contributed by atoms with Gasteiger partial charge >= 0.3 is 0 Å². The van der Waals surface area contributed by atoms with Crippen LogP contribution in [0, 0.1) is 0 Å². The maximum absolute atomic E-state index is 11.9. The molecule has 2 aromatic carbocycles. The number of benzene rings is 2. The molecule has 0 bridgehead atoms. The highest BCUT2D eigenvalue weighted by molar-refractivity contribution is 5.63. The number of para-hydroxylation sites is 1. The minimum Gasteiger partial charge on any atom is -0.497 e. The molecule has 0 aliphatic carbocycles. The maximum Gasteiger partial charge on any atom is 0.252 e. The number of methoxy groups -OCH3 is 1. The lowest BCUT2D eigenvalue weighted by molar-refractivity contribution is 0.415. The van der Waals surface area contributed by atoms with E-state index < -0.39 is 0 Å². The quantitative estimate of drug-likeness (QED) is 0.775. The van der Waals surface area contributed by atoms with Gasteiger partial charge in [-0.1, -0.05) is 30.3 Å². The number of H-pyrrole nitrogens is 1. The van der Waals surface area contributed by atoms with Gasteiger partial charge in [-0.2, -0.15) is 0 Å². The van der Waals surface area contributed by atoms with Crippen molar-refractivity contribution in [2.24, 2.45) is 0 Å². The van der Waals surface area contributed by atoms with Gasteiger partial charge in [-0.15, -0.1) is 0 Å². The molecule has 5 nitrogen and oxygen atoms in total. The minimum atomic E-state index is -0.216. The van der Waals surface area contributed by atoms with Crippen molar-refractivity contribution >= 4 is 11.6 Å². The van der Waals surface area contributed by atoms with Crippen LogP contribution in [-0.4, -0.2) is 17.1 Å². The van der Waals surface area contributed by atoms with E-state index in [1.807, 2.05) is 54.6 Å². The fraction of sp³-hybridized carbons (Fsp3) is 0.0588. The van der Waals surface area contributed by atoms with Gasteiger partial charge in [0.25, 0.3) is 5.56 Å². The first-order valence-electron chi connectivity index (χ1n) is 6.82. The summed E-state index contributed by atoms with van der Waals surface area (Å²) in [5, 5.41) is 3.09. The van der Waals surface area contributed by atoms with E-state index in [1.165, 1.54) is 6.07 Å². The molecule has 5 heteroatoms. The largest absolute Gasteiger partial charge is 0.497 e. The predicted molar refractivity (Wildman–Crippen MR) is 86.6 cm³/mol. The fourth-order valence-corrected chi connectivity index (χ4v) is 2.11. The Bertz CT molecular complexity index is 829. The van der Waals surface area contributed by atoms with Gasteiger partial charge in [-0.3, -0.25) is 9.78 Å². The molecule has 0 amide bonds. The number of anilines is 2. The van der Waals surface area contributed by atoms with Gasteiger partial charge in [0.15, 0.2) is 0 Å². The molecule has 22 heavy (non-hydrogen) atoms. The zero-order valence-electron chi connectivity index (χ0n) is 12.0. The van der Waals surface area contributed by atoms with E-state index >= 15 is 0 Å². The summed E-state index contributed by atoms with van der Waals surface area (Å²) in [6.07, 6.45) is 0. The van der Waals surface area contributed by atoms with Crippen LogP contribution in [0.15, 0.2) is 65.5 Å². The van der Waals surface area contributed by atoms with E-state index in [0.29, 0.717) is 11.6 Å². The SMILES string of the molecule is COc1cccc(-c2cc(=O)[nH]c(Nc3ccccc3)n2)c1. The van der Waals surface area contributed by atoms with E-state index in [9.17, 15) is 4.79 Å². The number of ether oxygens (including phenoxy) is 1. The summed E-state index contributed by atoms with van der Waals surface area (Å²) in [4.78, 5) is 19.0. The first-order valence-corrected chi connectivity index (χ1v) is 6.82. The smallest absolute Gasteiger partial charge is 0.252 e. The highest BCUT2D eigenvalue weighted by Crippen LogP contribution is 2.22. The first-order chi connectivity index (χ1) is 10.7. The molecule has 0 atom stereocenters. The number of nitrogens with zero attached hydrogens (tertiary/aromatic N) is 1. The highest BCUT2D eigenvalue weighted by atomic mass is 16.5. The predicted octanol–water partition coefficient (Wildman–Crippen LogP) is 3.19. The summed E-state index contributed by atoms with van der Waals surface area (Å²) in [7, 11) is 1.60. The second-order valence-electron chi connectivity index (χ2n) is 4.70. The van der Waals surface area contributed by atoms with E-state index in [4.69, 9.17) is 4.74 Å². The Morgan fingerprint density at radius 2 is 1.86 bits per heavy atom. The Hall–Kier alpha value is -3.08. The summed E-state index contributed by atoms with van der Waals surface area (Å²) in [6.45, 7) is 0. The molecule has 110 valence electrons. The van der Waals surface area contributed by atoms with Crippen LogP contribution in [-0.2, 0) is 0 Å². The number of aromatic nitrogens is 2. The number of hydrogen-bond acceptors (Lipinski definition) is 4. The number of aromatic amines is 1.